The summed E-state index contributed by atoms with van der Waals surface area (Å²) >= 11 is 0. The second kappa shape index (κ2) is 10.5. The lowest BCUT2D eigenvalue weighted by atomic mass is 10.1. The van der Waals surface area contributed by atoms with Crippen LogP contribution in [0.4, 0.5) is 5.69 Å². The molecule has 1 amide bonds. The van der Waals surface area contributed by atoms with Crippen LogP contribution in [0.3, 0.4) is 0 Å². The van der Waals surface area contributed by atoms with Crippen LogP contribution in [-0.4, -0.2) is 27.2 Å². The fourth-order valence-corrected chi connectivity index (χ4v) is 3.07. The van der Waals surface area contributed by atoms with E-state index in [0.717, 1.165) is 47.8 Å². The zero-order valence-electron chi connectivity index (χ0n) is 15.0. The van der Waals surface area contributed by atoms with Gasteiger partial charge in [0.25, 0.3) is 0 Å². The number of carbonyl (C=O) groups excluding carboxylic acids is 1. The van der Waals surface area contributed by atoms with Crippen molar-refractivity contribution >= 4 is 36.4 Å². The summed E-state index contributed by atoms with van der Waals surface area (Å²) in [7, 11) is 0. The molecule has 1 aromatic heterocycles. The molecule has 0 saturated carbocycles. The third-order valence-corrected chi connectivity index (χ3v) is 4.49. The first-order valence-corrected chi connectivity index (χ1v) is 8.72. The summed E-state index contributed by atoms with van der Waals surface area (Å²) in [5, 5.41) is 11.7. The fourth-order valence-electron chi connectivity index (χ4n) is 3.07. The van der Waals surface area contributed by atoms with E-state index in [-0.39, 0.29) is 30.7 Å². The number of nitrogens with zero attached hydrogens (tertiary/aromatic N) is 3. The SMILES string of the molecule is Cc1ccc(-c2nnc3n2CCCCC3)cc1NC(=O)CCCN.Cl.Cl. The highest BCUT2D eigenvalue weighted by Gasteiger charge is 2.17. The molecule has 6 nitrogen and oxygen atoms in total. The van der Waals surface area contributed by atoms with Gasteiger partial charge in [0.05, 0.1) is 0 Å². The van der Waals surface area contributed by atoms with Gasteiger partial charge in [0, 0.05) is 30.6 Å². The van der Waals surface area contributed by atoms with Gasteiger partial charge in [-0.3, -0.25) is 4.79 Å². The van der Waals surface area contributed by atoms with Crippen molar-refractivity contribution < 1.29 is 4.79 Å². The Morgan fingerprint density at radius 1 is 1.23 bits per heavy atom. The van der Waals surface area contributed by atoms with Crippen LogP contribution in [0, 0.1) is 6.92 Å². The molecule has 0 atom stereocenters. The second-order valence-electron chi connectivity index (χ2n) is 6.37. The monoisotopic (exact) mass is 399 g/mol. The predicted molar refractivity (Wildman–Crippen MR) is 109 cm³/mol. The number of hydrogen-bond donors (Lipinski definition) is 2. The number of amides is 1. The number of benzene rings is 1. The summed E-state index contributed by atoms with van der Waals surface area (Å²) in [5.41, 5.74) is 8.33. The first kappa shape index (κ1) is 22.4. The minimum Gasteiger partial charge on any atom is -0.330 e. The van der Waals surface area contributed by atoms with Crippen molar-refractivity contribution in [2.24, 2.45) is 5.73 Å². The van der Waals surface area contributed by atoms with Gasteiger partial charge in [0.2, 0.25) is 5.91 Å². The minimum absolute atomic E-state index is 0. The topological polar surface area (TPSA) is 85.8 Å². The van der Waals surface area contributed by atoms with Crippen molar-refractivity contribution in [1.29, 1.82) is 0 Å². The summed E-state index contributed by atoms with van der Waals surface area (Å²) in [6.45, 7) is 3.48. The molecule has 2 heterocycles. The lowest BCUT2D eigenvalue weighted by Gasteiger charge is -2.12. The number of aryl methyl sites for hydroxylation is 2. The van der Waals surface area contributed by atoms with E-state index >= 15 is 0 Å². The first-order chi connectivity index (χ1) is 11.7. The summed E-state index contributed by atoms with van der Waals surface area (Å²) in [6, 6.07) is 6.07. The van der Waals surface area contributed by atoms with Gasteiger partial charge in [-0.05, 0) is 44.4 Å². The number of halogens is 2. The van der Waals surface area contributed by atoms with Crippen molar-refractivity contribution in [2.75, 3.05) is 11.9 Å². The molecule has 0 aliphatic carbocycles. The molecule has 0 fully saturated rings. The molecule has 1 aromatic carbocycles. The largest absolute Gasteiger partial charge is 0.330 e. The molecule has 0 unspecified atom stereocenters. The Bertz CT molecular complexity index is 732. The highest BCUT2D eigenvalue weighted by atomic mass is 35.5. The van der Waals surface area contributed by atoms with Gasteiger partial charge >= 0.3 is 0 Å². The van der Waals surface area contributed by atoms with Crippen molar-refractivity contribution in [2.45, 2.75) is 52.0 Å². The van der Waals surface area contributed by atoms with E-state index in [4.69, 9.17) is 5.73 Å². The van der Waals surface area contributed by atoms with Gasteiger partial charge in [0.1, 0.15) is 5.82 Å². The van der Waals surface area contributed by atoms with Crippen molar-refractivity contribution in [3.8, 4) is 11.4 Å². The summed E-state index contributed by atoms with van der Waals surface area (Å²) < 4.78 is 2.22. The number of anilines is 1. The summed E-state index contributed by atoms with van der Waals surface area (Å²) in [5.74, 6) is 1.96. The maximum absolute atomic E-state index is 12.0. The summed E-state index contributed by atoms with van der Waals surface area (Å²) in [4.78, 5) is 12.0. The molecule has 1 aliphatic heterocycles. The van der Waals surface area contributed by atoms with E-state index in [1.165, 1.54) is 12.8 Å². The van der Waals surface area contributed by atoms with E-state index < -0.39 is 0 Å². The molecule has 26 heavy (non-hydrogen) atoms. The molecule has 0 saturated heterocycles. The Morgan fingerprint density at radius 3 is 2.81 bits per heavy atom. The van der Waals surface area contributed by atoms with Gasteiger partial charge in [-0.1, -0.05) is 18.6 Å². The van der Waals surface area contributed by atoms with E-state index in [1.807, 2.05) is 25.1 Å². The number of nitrogens with one attached hydrogen (secondary N) is 1. The lowest BCUT2D eigenvalue weighted by Crippen LogP contribution is -2.14. The maximum atomic E-state index is 12.0. The number of hydrogen-bond acceptors (Lipinski definition) is 4. The molecule has 1 aliphatic rings. The number of rotatable bonds is 5. The van der Waals surface area contributed by atoms with Crippen molar-refractivity contribution in [3.05, 3.63) is 29.6 Å². The van der Waals surface area contributed by atoms with E-state index in [9.17, 15) is 4.79 Å². The third kappa shape index (κ3) is 5.19. The molecule has 3 rings (SSSR count). The predicted octanol–water partition coefficient (Wildman–Crippen LogP) is 3.50. The van der Waals surface area contributed by atoms with Gasteiger partial charge in [-0.15, -0.1) is 35.0 Å². The normalized spacial score (nSPS) is 13.0. The van der Waals surface area contributed by atoms with Crippen LogP contribution in [-0.2, 0) is 17.8 Å². The van der Waals surface area contributed by atoms with Crippen molar-refractivity contribution in [3.63, 3.8) is 0 Å². The molecule has 0 radical (unpaired) electrons. The van der Waals surface area contributed by atoms with Gasteiger partial charge in [0.15, 0.2) is 5.82 Å². The van der Waals surface area contributed by atoms with E-state index in [2.05, 4.69) is 20.1 Å². The average molecular weight is 400 g/mol. The van der Waals surface area contributed by atoms with Crippen LogP contribution in [0.15, 0.2) is 18.2 Å². The maximum Gasteiger partial charge on any atom is 0.224 e. The molecule has 2 aromatic rings. The zero-order chi connectivity index (χ0) is 16.9. The Morgan fingerprint density at radius 2 is 2.04 bits per heavy atom. The third-order valence-electron chi connectivity index (χ3n) is 4.49. The van der Waals surface area contributed by atoms with Crippen LogP contribution in [0.1, 0.15) is 43.5 Å². The van der Waals surface area contributed by atoms with Gasteiger partial charge in [-0.2, -0.15) is 0 Å². The quantitative estimate of drug-likeness (QED) is 0.805. The van der Waals surface area contributed by atoms with Crippen LogP contribution in [0.25, 0.3) is 11.4 Å². The van der Waals surface area contributed by atoms with E-state index in [0.29, 0.717) is 19.4 Å². The Labute approximate surface area is 166 Å². The minimum atomic E-state index is 0. The average Bonchev–Trinajstić information content (AvgIpc) is 2.83. The van der Waals surface area contributed by atoms with Crippen molar-refractivity contribution in [1.82, 2.24) is 14.8 Å². The molecule has 0 spiro atoms. The molecular formula is C18H27Cl2N5O. The fraction of sp³-hybridized carbons (Fsp3) is 0.500. The molecule has 3 N–H and O–H groups in total. The number of aromatic nitrogens is 3. The first-order valence-electron chi connectivity index (χ1n) is 8.72. The van der Waals surface area contributed by atoms with Crippen LogP contribution < -0.4 is 11.1 Å². The highest BCUT2D eigenvalue weighted by molar-refractivity contribution is 5.92. The number of nitrogens with two attached hydrogens (primary N) is 1. The van der Waals surface area contributed by atoms with Crippen LogP contribution >= 0.6 is 24.8 Å². The van der Waals surface area contributed by atoms with Crippen LogP contribution in [0.5, 0.6) is 0 Å². The van der Waals surface area contributed by atoms with Crippen LogP contribution in [0.2, 0.25) is 0 Å². The van der Waals surface area contributed by atoms with Gasteiger partial charge in [-0.25, -0.2) is 0 Å². The Balaban J connectivity index is 0.00000169. The zero-order valence-corrected chi connectivity index (χ0v) is 16.7. The molecule has 144 valence electrons. The smallest absolute Gasteiger partial charge is 0.224 e. The Kier molecular flexibility index (Phi) is 9.05. The molecule has 0 bridgehead atoms. The molecular weight excluding hydrogens is 373 g/mol. The summed E-state index contributed by atoms with van der Waals surface area (Å²) in [6.07, 6.45) is 5.70. The number of fused-ring (bicyclic) bond motifs is 1. The lowest BCUT2D eigenvalue weighted by molar-refractivity contribution is -0.116. The highest BCUT2D eigenvalue weighted by Crippen LogP contribution is 2.27. The second-order valence-corrected chi connectivity index (χ2v) is 6.37. The van der Waals surface area contributed by atoms with Gasteiger partial charge < -0.3 is 15.6 Å². The standard InChI is InChI=1S/C18H25N5O.2ClH/c1-13-8-9-14(12-15(13)20-17(24)7-5-10-19)18-22-21-16-6-3-2-4-11-23(16)18;;/h8-9,12H,2-7,10-11,19H2,1H3,(H,20,24);2*1H. The Hall–Kier alpha value is -1.63. The molecule has 8 heteroatoms. The van der Waals surface area contributed by atoms with E-state index in [1.54, 1.807) is 0 Å². The number of carbonyl (C=O) groups is 1.